The minimum Gasteiger partial charge on any atom is -0.263 e. The van der Waals surface area contributed by atoms with Gasteiger partial charge in [-0.3, -0.25) is 5.10 Å². The lowest BCUT2D eigenvalue weighted by Gasteiger charge is -1.98. The fraction of sp³-hybridized carbons (Fsp3) is 0.200. The molecule has 1 aromatic carbocycles. The number of aromatic amines is 1. The van der Waals surface area contributed by atoms with Crippen LogP contribution in [0.1, 0.15) is 11.4 Å². The number of thioether (sulfide) groups is 1. The summed E-state index contributed by atoms with van der Waals surface area (Å²) in [4.78, 5) is 4.06. The van der Waals surface area contributed by atoms with Crippen molar-refractivity contribution in [1.82, 2.24) is 15.2 Å². The van der Waals surface area contributed by atoms with E-state index in [1.165, 1.54) is 5.56 Å². The van der Waals surface area contributed by atoms with Crippen LogP contribution in [0.3, 0.4) is 0 Å². The Morgan fingerprint density at radius 1 is 1.14 bits per heavy atom. The van der Waals surface area contributed by atoms with Crippen LogP contribution in [0.15, 0.2) is 36.7 Å². The minimum absolute atomic E-state index is 0.884. The summed E-state index contributed by atoms with van der Waals surface area (Å²) in [7, 11) is 0. The number of nitrogens with one attached hydrogen (secondary N) is 1. The number of nitrogens with zero attached hydrogens (tertiary/aromatic N) is 2. The minimum atomic E-state index is 0.884. The standard InChI is InChI=1S/C10H11N3S/c1-2-4-9(5-3-1)6-14-7-10-11-8-12-13-10/h1-5,8H,6-7H2,(H,11,12,13). The van der Waals surface area contributed by atoms with E-state index in [4.69, 9.17) is 0 Å². The highest BCUT2D eigenvalue weighted by atomic mass is 32.2. The molecule has 0 unspecified atom stereocenters. The first-order valence-electron chi connectivity index (χ1n) is 4.41. The summed E-state index contributed by atoms with van der Waals surface area (Å²) in [5.74, 6) is 2.84. The molecule has 0 fully saturated rings. The lowest BCUT2D eigenvalue weighted by atomic mass is 10.2. The van der Waals surface area contributed by atoms with Crippen LogP contribution in [-0.4, -0.2) is 15.2 Å². The number of hydrogen-bond acceptors (Lipinski definition) is 3. The first-order chi connectivity index (χ1) is 6.95. The third-order valence-corrected chi connectivity index (χ3v) is 2.83. The highest BCUT2D eigenvalue weighted by Crippen LogP contribution is 2.14. The Morgan fingerprint density at radius 3 is 2.71 bits per heavy atom. The van der Waals surface area contributed by atoms with E-state index in [1.54, 1.807) is 6.33 Å². The van der Waals surface area contributed by atoms with Gasteiger partial charge in [-0.25, -0.2) is 4.98 Å². The lowest BCUT2D eigenvalue weighted by Crippen LogP contribution is -1.85. The fourth-order valence-electron chi connectivity index (χ4n) is 1.14. The van der Waals surface area contributed by atoms with Gasteiger partial charge in [0.1, 0.15) is 12.2 Å². The maximum atomic E-state index is 4.06. The predicted molar refractivity (Wildman–Crippen MR) is 57.8 cm³/mol. The van der Waals surface area contributed by atoms with Crippen molar-refractivity contribution >= 4 is 11.8 Å². The highest BCUT2D eigenvalue weighted by molar-refractivity contribution is 7.97. The molecule has 3 nitrogen and oxygen atoms in total. The van der Waals surface area contributed by atoms with Gasteiger partial charge in [0.05, 0.1) is 5.75 Å². The van der Waals surface area contributed by atoms with Crippen LogP contribution in [-0.2, 0) is 11.5 Å². The molecule has 0 bridgehead atoms. The average Bonchev–Trinajstić information content (AvgIpc) is 2.72. The van der Waals surface area contributed by atoms with Gasteiger partial charge < -0.3 is 0 Å². The molecular formula is C10H11N3S. The summed E-state index contributed by atoms with van der Waals surface area (Å²) in [5.41, 5.74) is 1.34. The Bertz CT molecular complexity index is 358. The topological polar surface area (TPSA) is 41.6 Å². The smallest absolute Gasteiger partial charge is 0.137 e. The molecular weight excluding hydrogens is 194 g/mol. The van der Waals surface area contributed by atoms with Gasteiger partial charge in [-0.2, -0.15) is 5.10 Å². The van der Waals surface area contributed by atoms with Gasteiger partial charge in [0, 0.05) is 5.75 Å². The number of H-pyrrole nitrogens is 1. The average molecular weight is 205 g/mol. The Morgan fingerprint density at radius 2 is 2.00 bits per heavy atom. The molecule has 0 saturated carbocycles. The first-order valence-corrected chi connectivity index (χ1v) is 5.56. The molecule has 72 valence electrons. The molecule has 0 spiro atoms. The largest absolute Gasteiger partial charge is 0.263 e. The summed E-state index contributed by atoms with van der Waals surface area (Å²) in [6.45, 7) is 0. The molecule has 1 heterocycles. The number of rotatable bonds is 4. The van der Waals surface area contributed by atoms with Crippen LogP contribution in [0.4, 0.5) is 0 Å². The van der Waals surface area contributed by atoms with Crippen molar-refractivity contribution in [2.24, 2.45) is 0 Å². The second kappa shape index (κ2) is 4.81. The summed E-state index contributed by atoms with van der Waals surface area (Å²) in [5, 5.41) is 6.64. The Hall–Kier alpha value is -1.29. The summed E-state index contributed by atoms with van der Waals surface area (Å²) < 4.78 is 0. The summed E-state index contributed by atoms with van der Waals surface area (Å²) in [6.07, 6.45) is 1.54. The molecule has 0 saturated heterocycles. The van der Waals surface area contributed by atoms with Crippen molar-refractivity contribution in [3.8, 4) is 0 Å². The van der Waals surface area contributed by atoms with Gasteiger partial charge in [-0.15, -0.1) is 11.8 Å². The molecule has 2 rings (SSSR count). The zero-order valence-electron chi connectivity index (χ0n) is 7.68. The normalized spacial score (nSPS) is 10.3. The fourth-order valence-corrected chi connectivity index (χ4v) is 2.00. The third kappa shape index (κ3) is 2.60. The predicted octanol–water partition coefficient (Wildman–Crippen LogP) is 2.24. The van der Waals surface area contributed by atoms with Crippen LogP contribution >= 0.6 is 11.8 Å². The van der Waals surface area contributed by atoms with E-state index < -0.39 is 0 Å². The Balaban J connectivity index is 1.79. The number of benzene rings is 1. The van der Waals surface area contributed by atoms with E-state index in [2.05, 4.69) is 39.4 Å². The SMILES string of the molecule is c1ccc(CSCc2ncn[nH]2)cc1. The monoisotopic (exact) mass is 205 g/mol. The third-order valence-electron chi connectivity index (χ3n) is 1.82. The van der Waals surface area contributed by atoms with Gasteiger partial charge in [0.2, 0.25) is 0 Å². The van der Waals surface area contributed by atoms with Crippen molar-refractivity contribution in [3.05, 3.63) is 48.0 Å². The summed E-state index contributed by atoms with van der Waals surface area (Å²) in [6, 6.07) is 10.4. The zero-order valence-corrected chi connectivity index (χ0v) is 8.50. The van der Waals surface area contributed by atoms with E-state index in [9.17, 15) is 0 Å². The molecule has 0 radical (unpaired) electrons. The molecule has 0 atom stereocenters. The quantitative estimate of drug-likeness (QED) is 0.832. The van der Waals surface area contributed by atoms with E-state index in [1.807, 2.05) is 17.8 Å². The molecule has 0 amide bonds. The Labute approximate surface area is 87.0 Å². The second-order valence-corrected chi connectivity index (χ2v) is 3.90. The molecule has 0 aliphatic heterocycles. The van der Waals surface area contributed by atoms with Crippen LogP contribution < -0.4 is 0 Å². The zero-order chi connectivity index (χ0) is 9.64. The molecule has 4 heteroatoms. The van der Waals surface area contributed by atoms with E-state index in [-0.39, 0.29) is 0 Å². The van der Waals surface area contributed by atoms with Gasteiger partial charge in [0.15, 0.2) is 0 Å². The van der Waals surface area contributed by atoms with Crippen LogP contribution in [0.5, 0.6) is 0 Å². The molecule has 1 N–H and O–H groups in total. The highest BCUT2D eigenvalue weighted by Gasteiger charge is 1.96. The van der Waals surface area contributed by atoms with Crippen LogP contribution in [0, 0.1) is 0 Å². The molecule has 14 heavy (non-hydrogen) atoms. The first kappa shape index (κ1) is 9.27. The van der Waals surface area contributed by atoms with Gasteiger partial charge in [-0.05, 0) is 5.56 Å². The molecule has 1 aromatic heterocycles. The summed E-state index contributed by atoms with van der Waals surface area (Å²) >= 11 is 1.83. The van der Waals surface area contributed by atoms with E-state index >= 15 is 0 Å². The van der Waals surface area contributed by atoms with Crippen molar-refractivity contribution in [1.29, 1.82) is 0 Å². The molecule has 0 aliphatic carbocycles. The maximum Gasteiger partial charge on any atom is 0.137 e. The lowest BCUT2D eigenvalue weighted by molar-refractivity contribution is 1.02. The van der Waals surface area contributed by atoms with Crippen molar-refractivity contribution in [2.75, 3.05) is 0 Å². The Kier molecular flexibility index (Phi) is 3.19. The van der Waals surface area contributed by atoms with Crippen molar-refractivity contribution in [3.63, 3.8) is 0 Å². The van der Waals surface area contributed by atoms with E-state index in [0.717, 1.165) is 17.3 Å². The van der Waals surface area contributed by atoms with Crippen molar-refractivity contribution in [2.45, 2.75) is 11.5 Å². The maximum absolute atomic E-state index is 4.06. The number of aromatic nitrogens is 3. The van der Waals surface area contributed by atoms with E-state index in [0.29, 0.717) is 0 Å². The second-order valence-electron chi connectivity index (χ2n) is 2.91. The van der Waals surface area contributed by atoms with Crippen LogP contribution in [0.2, 0.25) is 0 Å². The molecule has 0 aliphatic rings. The van der Waals surface area contributed by atoms with Crippen LogP contribution in [0.25, 0.3) is 0 Å². The van der Waals surface area contributed by atoms with Gasteiger partial charge in [-0.1, -0.05) is 30.3 Å². The molecule has 2 aromatic rings. The van der Waals surface area contributed by atoms with Gasteiger partial charge >= 0.3 is 0 Å². The van der Waals surface area contributed by atoms with Crippen molar-refractivity contribution < 1.29 is 0 Å². The van der Waals surface area contributed by atoms with Gasteiger partial charge in [0.25, 0.3) is 0 Å². The number of hydrogen-bond donors (Lipinski definition) is 1.